The fraction of sp³-hybridized carbons (Fsp3) is 0.476. The number of fused-ring (bicyclic) bond motifs is 1. The Kier molecular flexibility index (Phi) is 5.76. The molecule has 0 radical (unpaired) electrons. The Morgan fingerprint density at radius 3 is 2.52 bits per heavy atom. The summed E-state index contributed by atoms with van der Waals surface area (Å²) in [5.41, 5.74) is 0. The number of hydrogen-bond acceptors (Lipinski definition) is 5. The average Bonchev–Trinajstić information content (AvgIpc) is 2.74. The summed E-state index contributed by atoms with van der Waals surface area (Å²) in [7, 11) is -3.69. The molecule has 2 heterocycles. The van der Waals surface area contributed by atoms with Gasteiger partial charge in [-0.3, -0.25) is 0 Å². The van der Waals surface area contributed by atoms with E-state index in [1.54, 1.807) is 17.0 Å². The summed E-state index contributed by atoms with van der Waals surface area (Å²) < 4.78 is 33.7. The van der Waals surface area contributed by atoms with Crippen LogP contribution in [0, 0.1) is 0 Å². The molecule has 2 aromatic carbocycles. The molecule has 0 aromatic heterocycles. The molecule has 2 aromatic rings. The maximum atomic E-state index is 13.3. The summed E-state index contributed by atoms with van der Waals surface area (Å²) in [4.78, 5) is 14.3. The van der Waals surface area contributed by atoms with Gasteiger partial charge in [0.15, 0.2) is 0 Å². The van der Waals surface area contributed by atoms with Crippen molar-refractivity contribution >= 4 is 26.9 Å². The molecule has 2 fully saturated rings. The number of ether oxygens (including phenoxy) is 1. The number of benzene rings is 2. The Bertz CT molecular complexity index is 980. The quantitative estimate of drug-likeness (QED) is 0.828. The van der Waals surface area contributed by atoms with E-state index >= 15 is 0 Å². The van der Waals surface area contributed by atoms with Gasteiger partial charge in [0.1, 0.15) is 6.10 Å². The van der Waals surface area contributed by atoms with Crippen LogP contribution in [0.15, 0.2) is 47.4 Å². The Morgan fingerprint density at radius 2 is 1.72 bits per heavy atom. The molecule has 0 saturated carbocycles. The van der Waals surface area contributed by atoms with Crippen LogP contribution in [-0.2, 0) is 14.8 Å². The molecule has 1 unspecified atom stereocenters. The molecule has 0 aliphatic carbocycles. The molecule has 1 amide bonds. The first-order valence-electron chi connectivity index (χ1n) is 10.1. The lowest BCUT2D eigenvalue weighted by molar-refractivity contribution is 0.0213. The zero-order valence-corrected chi connectivity index (χ0v) is 17.1. The van der Waals surface area contributed by atoms with Crippen LogP contribution < -0.4 is 0 Å². The van der Waals surface area contributed by atoms with Gasteiger partial charge in [-0.15, -0.1) is 0 Å². The minimum Gasteiger partial charge on any atom is -0.445 e. The van der Waals surface area contributed by atoms with Crippen LogP contribution in [0.4, 0.5) is 4.79 Å². The van der Waals surface area contributed by atoms with Gasteiger partial charge < -0.3 is 14.7 Å². The van der Waals surface area contributed by atoms with Gasteiger partial charge in [-0.2, -0.15) is 4.31 Å². The monoisotopic (exact) mass is 418 g/mol. The van der Waals surface area contributed by atoms with Crippen LogP contribution in [0.25, 0.3) is 10.8 Å². The third-order valence-corrected chi connectivity index (χ3v) is 7.62. The van der Waals surface area contributed by atoms with Crippen molar-refractivity contribution < 1.29 is 23.1 Å². The van der Waals surface area contributed by atoms with E-state index in [2.05, 4.69) is 0 Å². The number of piperidine rings is 2. The van der Waals surface area contributed by atoms with E-state index in [-0.39, 0.29) is 17.5 Å². The lowest BCUT2D eigenvalue weighted by atomic mass is 10.1. The number of amides is 1. The van der Waals surface area contributed by atoms with E-state index in [4.69, 9.17) is 4.74 Å². The Labute approximate surface area is 170 Å². The molecule has 2 saturated heterocycles. The van der Waals surface area contributed by atoms with Crippen LogP contribution in [0.3, 0.4) is 0 Å². The highest BCUT2D eigenvalue weighted by atomic mass is 32.2. The molecule has 1 atom stereocenters. The summed E-state index contributed by atoms with van der Waals surface area (Å²) in [6.45, 7) is 1.50. The topological polar surface area (TPSA) is 87.2 Å². The minimum atomic E-state index is -3.69. The molecular weight excluding hydrogens is 392 g/mol. The van der Waals surface area contributed by atoms with Gasteiger partial charge in [0, 0.05) is 25.0 Å². The van der Waals surface area contributed by atoms with Gasteiger partial charge >= 0.3 is 6.09 Å². The number of nitrogens with zero attached hydrogens (tertiary/aromatic N) is 2. The highest BCUT2D eigenvalue weighted by Gasteiger charge is 2.34. The first kappa shape index (κ1) is 20.1. The largest absolute Gasteiger partial charge is 0.445 e. The second-order valence-corrected chi connectivity index (χ2v) is 9.61. The lowest BCUT2D eigenvalue weighted by Crippen LogP contribution is -2.47. The van der Waals surface area contributed by atoms with Gasteiger partial charge in [-0.25, -0.2) is 13.2 Å². The van der Waals surface area contributed by atoms with Gasteiger partial charge in [0.05, 0.1) is 17.5 Å². The van der Waals surface area contributed by atoms with E-state index in [0.29, 0.717) is 50.7 Å². The molecule has 7 nitrogen and oxygen atoms in total. The van der Waals surface area contributed by atoms with E-state index < -0.39 is 22.2 Å². The number of rotatable bonds is 3. The van der Waals surface area contributed by atoms with E-state index in [9.17, 15) is 18.3 Å². The first-order chi connectivity index (χ1) is 13.9. The standard InChI is InChI=1S/C21H26N2O5S/c24-17-10-13-22(14-11-17)21(25)28-18-7-4-12-23(15-18)29(26,27)20-9-3-6-16-5-1-2-8-19(16)20/h1-3,5-6,8-9,17-18,24H,4,7,10-15H2. The molecule has 2 aliphatic rings. The number of carbonyl (C=O) groups excluding carboxylic acids is 1. The number of aliphatic hydroxyl groups is 1. The van der Waals surface area contributed by atoms with Crippen molar-refractivity contribution in [2.75, 3.05) is 26.2 Å². The average molecular weight is 419 g/mol. The second kappa shape index (κ2) is 8.30. The molecule has 156 valence electrons. The molecule has 0 spiro atoms. The smallest absolute Gasteiger partial charge is 0.410 e. The van der Waals surface area contributed by atoms with E-state index in [1.165, 1.54) is 4.31 Å². The van der Waals surface area contributed by atoms with Crippen LogP contribution in [0.5, 0.6) is 0 Å². The van der Waals surface area contributed by atoms with Crippen molar-refractivity contribution in [2.45, 2.75) is 42.8 Å². The van der Waals surface area contributed by atoms with E-state index in [1.807, 2.05) is 30.3 Å². The van der Waals surface area contributed by atoms with Crippen molar-refractivity contribution in [3.05, 3.63) is 42.5 Å². The Morgan fingerprint density at radius 1 is 1.00 bits per heavy atom. The van der Waals surface area contributed by atoms with Crippen molar-refractivity contribution in [2.24, 2.45) is 0 Å². The van der Waals surface area contributed by atoms with Crippen LogP contribution in [-0.4, -0.2) is 67.2 Å². The summed E-state index contributed by atoms with van der Waals surface area (Å²) in [6, 6.07) is 12.7. The van der Waals surface area contributed by atoms with Crippen LogP contribution in [0.2, 0.25) is 0 Å². The lowest BCUT2D eigenvalue weighted by Gasteiger charge is -2.34. The number of aliphatic hydroxyl groups excluding tert-OH is 1. The second-order valence-electron chi connectivity index (χ2n) is 7.71. The Hall–Kier alpha value is -2.16. The number of likely N-dealkylation sites (tertiary alicyclic amines) is 1. The Balaban J connectivity index is 1.48. The minimum absolute atomic E-state index is 0.160. The van der Waals surface area contributed by atoms with Gasteiger partial charge in [0.2, 0.25) is 10.0 Å². The molecule has 4 rings (SSSR count). The van der Waals surface area contributed by atoms with Gasteiger partial charge in [-0.05, 0) is 37.1 Å². The molecule has 1 N–H and O–H groups in total. The number of sulfonamides is 1. The van der Waals surface area contributed by atoms with E-state index in [0.717, 1.165) is 5.39 Å². The van der Waals surface area contributed by atoms with Crippen molar-refractivity contribution in [1.82, 2.24) is 9.21 Å². The fourth-order valence-corrected chi connectivity index (χ4v) is 5.77. The normalized spacial score (nSPS) is 22.0. The zero-order chi connectivity index (χ0) is 20.4. The maximum absolute atomic E-state index is 13.3. The summed E-state index contributed by atoms with van der Waals surface area (Å²) in [6.07, 6.45) is 1.11. The molecule has 8 heteroatoms. The van der Waals surface area contributed by atoms with Crippen LogP contribution >= 0.6 is 0 Å². The molecule has 2 aliphatic heterocycles. The van der Waals surface area contributed by atoms with Crippen molar-refractivity contribution in [1.29, 1.82) is 0 Å². The first-order valence-corrected chi connectivity index (χ1v) is 11.5. The zero-order valence-electron chi connectivity index (χ0n) is 16.2. The molecule has 29 heavy (non-hydrogen) atoms. The summed E-state index contributed by atoms with van der Waals surface area (Å²) >= 11 is 0. The van der Waals surface area contributed by atoms with Gasteiger partial charge in [-0.1, -0.05) is 36.4 Å². The fourth-order valence-electron chi connectivity index (χ4n) is 4.04. The van der Waals surface area contributed by atoms with Crippen molar-refractivity contribution in [3.63, 3.8) is 0 Å². The summed E-state index contributed by atoms with van der Waals surface area (Å²) in [5, 5.41) is 11.2. The highest BCUT2D eigenvalue weighted by Crippen LogP contribution is 2.28. The SMILES string of the molecule is O=C(OC1CCCN(S(=O)(=O)c2cccc3ccccc23)C1)N1CCC(O)CC1. The highest BCUT2D eigenvalue weighted by molar-refractivity contribution is 7.89. The molecule has 0 bridgehead atoms. The third kappa shape index (κ3) is 4.24. The van der Waals surface area contributed by atoms with Crippen molar-refractivity contribution in [3.8, 4) is 0 Å². The third-order valence-electron chi connectivity index (χ3n) is 5.70. The number of carbonyl (C=O) groups is 1. The number of hydrogen-bond donors (Lipinski definition) is 1. The predicted molar refractivity (Wildman–Crippen MR) is 109 cm³/mol. The summed E-state index contributed by atoms with van der Waals surface area (Å²) in [5.74, 6) is 0. The van der Waals surface area contributed by atoms with Gasteiger partial charge in [0.25, 0.3) is 0 Å². The molecular formula is C21H26N2O5S. The predicted octanol–water partition coefficient (Wildman–Crippen LogP) is 2.59. The maximum Gasteiger partial charge on any atom is 0.410 e. The van der Waals surface area contributed by atoms with Crippen LogP contribution in [0.1, 0.15) is 25.7 Å².